The number of carbonyl (C=O) groups is 2. The Bertz CT molecular complexity index is 595. The van der Waals surface area contributed by atoms with Crippen molar-refractivity contribution in [3.8, 4) is 5.75 Å². The lowest BCUT2D eigenvalue weighted by atomic mass is 9.92. The van der Waals surface area contributed by atoms with Gasteiger partial charge in [0.05, 0.1) is 20.2 Å². The lowest BCUT2D eigenvalue weighted by Gasteiger charge is -2.35. The molecule has 1 aliphatic heterocycles. The summed E-state index contributed by atoms with van der Waals surface area (Å²) in [5, 5.41) is 2.79. The normalized spacial score (nSPS) is 20.8. The van der Waals surface area contributed by atoms with Crippen molar-refractivity contribution in [2.24, 2.45) is 11.8 Å². The summed E-state index contributed by atoms with van der Waals surface area (Å²) in [5.74, 6) is 1.65. The van der Waals surface area contributed by atoms with Gasteiger partial charge >= 0.3 is 0 Å². The van der Waals surface area contributed by atoms with Gasteiger partial charge in [-0.25, -0.2) is 0 Å². The molecule has 0 saturated carbocycles. The average Bonchev–Trinajstić information content (AvgIpc) is 2.53. The maximum absolute atomic E-state index is 12.4. The van der Waals surface area contributed by atoms with Crippen LogP contribution in [-0.4, -0.2) is 62.0 Å². The molecule has 6 nitrogen and oxygen atoms in total. The van der Waals surface area contributed by atoms with Crippen LogP contribution in [0.4, 0.5) is 5.69 Å². The fourth-order valence-electron chi connectivity index (χ4n) is 3.44. The summed E-state index contributed by atoms with van der Waals surface area (Å²) in [7, 11) is 3.25. The van der Waals surface area contributed by atoms with E-state index in [0.29, 0.717) is 29.8 Å². The highest BCUT2D eigenvalue weighted by molar-refractivity contribution is 5.94. The van der Waals surface area contributed by atoms with E-state index in [9.17, 15) is 9.59 Å². The topological polar surface area (TPSA) is 61.9 Å². The van der Waals surface area contributed by atoms with Gasteiger partial charge in [0.1, 0.15) is 5.75 Å². The van der Waals surface area contributed by atoms with Gasteiger partial charge in [-0.2, -0.15) is 0 Å². The Hall–Kier alpha value is -2.08. The number of amides is 2. The minimum Gasteiger partial charge on any atom is -0.497 e. The summed E-state index contributed by atoms with van der Waals surface area (Å²) in [6, 6.07) is 7.16. The van der Waals surface area contributed by atoms with Crippen LogP contribution in [-0.2, 0) is 9.59 Å². The molecular formula is C19H29N3O3. The second-order valence-corrected chi connectivity index (χ2v) is 7.17. The predicted octanol–water partition coefficient (Wildman–Crippen LogP) is 2.07. The van der Waals surface area contributed by atoms with Crippen molar-refractivity contribution < 1.29 is 14.3 Å². The van der Waals surface area contributed by atoms with E-state index >= 15 is 0 Å². The Kier molecular flexibility index (Phi) is 6.82. The Morgan fingerprint density at radius 2 is 1.96 bits per heavy atom. The number of hydrogen-bond donors (Lipinski definition) is 1. The zero-order valence-corrected chi connectivity index (χ0v) is 15.6. The molecule has 1 aromatic rings. The first-order chi connectivity index (χ1) is 11.9. The van der Waals surface area contributed by atoms with E-state index in [1.807, 2.05) is 12.1 Å². The molecule has 1 heterocycles. The zero-order valence-electron chi connectivity index (χ0n) is 15.6. The van der Waals surface area contributed by atoms with Crippen LogP contribution in [0.2, 0.25) is 0 Å². The molecule has 2 rings (SSSR count). The Balaban J connectivity index is 1.82. The van der Waals surface area contributed by atoms with E-state index in [1.165, 1.54) is 11.3 Å². The number of hydrogen-bond acceptors (Lipinski definition) is 4. The standard InChI is InChI=1S/C19H29N3O3/c1-14-8-15(2)11-22(10-14)13-19(24)21(3)12-18(23)20-16-6-5-7-17(9-16)25-4/h5-7,9,14-15H,8,10-13H2,1-4H3,(H,20,23)/t14-,15+. The van der Waals surface area contributed by atoms with Gasteiger partial charge in [0.2, 0.25) is 11.8 Å². The molecule has 138 valence electrons. The molecule has 25 heavy (non-hydrogen) atoms. The summed E-state index contributed by atoms with van der Waals surface area (Å²) in [6.45, 7) is 6.74. The van der Waals surface area contributed by atoms with Gasteiger partial charge in [0.15, 0.2) is 0 Å². The molecular weight excluding hydrogens is 318 g/mol. The Morgan fingerprint density at radius 3 is 2.60 bits per heavy atom. The molecule has 0 aromatic heterocycles. The maximum atomic E-state index is 12.4. The van der Waals surface area contributed by atoms with Crippen molar-refractivity contribution in [1.29, 1.82) is 0 Å². The Morgan fingerprint density at radius 1 is 1.28 bits per heavy atom. The highest BCUT2D eigenvalue weighted by Crippen LogP contribution is 2.20. The van der Waals surface area contributed by atoms with Crippen molar-refractivity contribution in [3.05, 3.63) is 24.3 Å². The van der Waals surface area contributed by atoms with Crippen LogP contribution in [0.15, 0.2) is 24.3 Å². The number of rotatable bonds is 6. The predicted molar refractivity (Wildman–Crippen MR) is 98.6 cm³/mol. The number of ether oxygens (including phenoxy) is 1. The van der Waals surface area contributed by atoms with Crippen molar-refractivity contribution in [2.45, 2.75) is 20.3 Å². The fraction of sp³-hybridized carbons (Fsp3) is 0.579. The average molecular weight is 347 g/mol. The quantitative estimate of drug-likeness (QED) is 0.856. The summed E-state index contributed by atoms with van der Waals surface area (Å²) in [6.07, 6.45) is 1.21. The molecule has 6 heteroatoms. The zero-order chi connectivity index (χ0) is 18.4. The second kappa shape index (κ2) is 8.85. The third-order valence-corrected chi connectivity index (χ3v) is 4.46. The third-order valence-electron chi connectivity index (χ3n) is 4.46. The molecule has 2 atom stereocenters. The van der Waals surface area contributed by atoms with Crippen LogP contribution in [0.5, 0.6) is 5.75 Å². The van der Waals surface area contributed by atoms with E-state index in [0.717, 1.165) is 13.1 Å². The van der Waals surface area contributed by atoms with Crippen LogP contribution in [0.25, 0.3) is 0 Å². The third kappa shape index (κ3) is 6.05. The number of likely N-dealkylation sites (tertiary alicyclic amines) is 1. The van der Waals surface area contributed by atoms with E-state index in [2.05, 4.69) is 24.1 Å². The molecule has 0 aliphatic carbocycles. The van der Waals surface area contributed by atoms with Gasteiger partial charge < -0.3 is 15.0 Å². The monoisotopic (exact) mass is 347 g/mol. The van der Waals surface area contributed by atoms with Crippen molar-refractivity contribution in [1.82, 2.24) is 9.80 Å². The van der Waals surface area contributed by atoms with E-state index < -0.39 is 0 Å². The number of likely N-dealkylation sites (N-methyl/N-ethyl adjacent to an activating group) is 1. The minimum absolute atomic E-state index is 0.0258. The van der Waals surface area contributed by atoms with Gasteiger partial charge in [-0.05, 0) is 30.4 Å². The van der Waals surface area contributed by atoms with Crippen molar-refractivity contribution in [3.63, 3.8) is 0 Å². The summed E-state index contributed by atoms with van der Waals surface area (Å²) in [4.78, 5) is 28.2. The van der Waals surface area contributed by atoms with E-state index in [-0.39, 0.29) is 18.4 Å². The molecule has 0 radical (unpaired) electrons. The lowest BCUT2D eigenvalue weighted by molar-refractivity contribution is -0.134. The van der Waals surface area contributed by atoms with Gasteiger partial charge in [-0.1, -0.05) is 19.9 Å². The van der Waals surface area contributed by atoms with Crippen LogP contribution in [0.3, 0.4) is 0 Å². The SMILES string of the molecule is COc1cccc(NC(=O)CN(C)C(=O)CN2C[C@H](C)C[C@H](C)C2)c1. The molecule has 1 N–H and O–H groups in total. The highest BCUT2D eigenvalue weighted by atomic mass is 16.5. The molecule has 2 amide bonds. The Labute approximate surface area is 150 Å². The molecule has 1 fully saturated rings. The van der Waals surface area contributed by atoms with Gasteiger partial charge in [0, 0.05) is 31.9 Å². The van der Waals surface area contributed by atoms with Crippen LogP contribution in [0, 0.1) is 11.8 Å². The van der Waals surface area contributed by atoms with Gasteiger partial charge in [-0.3, -0.25) is 14.5 Å². The number of piperidine rings is 1. The number of nitrogens with one attached hydrogen (secondary N) is 1. The fourth-order valence-corrected chi connectivity index (χ4v) is 3.44. The summed E-state index contributed by atoms with van der Waals surface area (Å²) in [5.41, 5.74) is 0.656. The number of carbonyl (C=O) groups excluding carboxylic acids is 2. The molecule has 1 aliphatic rings. The number of methoxy groups -OCH3 is 1. The largest absolute Gasteiger partial charge is 0.497 e. The molecule has 1 aromatic carbocycles. The summed E-state index contributed by atoms with van der Waals surface area (Å²) >= 11 is 0. The van der Waals surface area contributed by atoms with E-state index in [1.54, 1.807) is 26.3 Å². The summed E-state index contributed by atoms with van der Waals surface area (Å²) < 4.78 is 5.14. The number of nitrogens with zero attached hydrogens (tertiary/aromatic N) is 2. The minimum atomic E-state index is -0.218. The van der Waals surface area contributed by atoms with Crippen LogP contribution in [0.1, 0.15) is 20.3 Å². The molecule has 1 saturated heterocycles. The first-order valence-corrected chi connectivity index (χ1v) is 8.77. The first kappa shape index (κ1) is 19.2. The number of benzene rings is 1. The van der Waals surface area contributed by atoms with Crippen molar-refractivity contribution >= 4 is 17.5 Å². The molecule has 0 bridgehead atoms. The smallest absolute Gasteiger partial charge is 0.243 e. The van der Waals surface area contributed by atoms with Gasteiger partial charge in [0.25, 0.3) is 0 Å². The van der Waals surface area contributed by atoms with Crippen molar-refractivity contribution in [2.75, 3.05) is 45.7 Å². The second-order valence-electron chi connectivity index (χ2n) is 7.17. The van der Waals surface area contributed by atoms with E-state index in [4.69, 9.17) is 4.74 Å². The first-order valence-electron chi connectivity index (χ1n) is 8.77. The van der Waals surface area contributed by atoms with Gasteiger partial charge in [-0.15, -0.1) is 0 Å². The number of anilines is 1. The molecule has 0 spiro atoms. The maximum Gasteiger partial charge on any atom is 0.243 e. The van der Waals surface area contributed by atoms with Crippen LogP contribution < -0.4 is 10.1 Å². The van der Waals surface area contributed by atoms with Crippen LogP contribution >= 0.6 is 0 Å². The lowest BCUT2D eigenvalue weighted by Crippen LogP contribution is -2.46. The highest BCUT2D eigenvalue weighted by Gasteiger charge is 2.24. The molecule has 0 unspecified atom stereocenters.